The largest absolute Gasteiger partial charge is 0.478 e. The standard InChI is InChI=1S/C16H24N2O3/c1-12(2)9-10-17(3)16(21)18(4)11-13-5-7-14(8-6-13)15(19)20/h5-8,12H,9-11H2,1-4H3,(H,19,20). The third-order valence-corrected chi connectivity index (χ3v) is 3.32. The average Bonchev–Trinajstić information content (AvgIpc) is 2.44. The van der Waals surface area contributed by atoms with Gasteiger partial charge in [0.25, 0.3) is 0 Å². The molecule has 1 aromatic rings. The maximum absolute atomic E-state index is 12.2. The number of urea groups is 1. The maximum Gasteiger partial charge on any atom is 0.335 e. The number of benzene rings is 1. The number of rotatable bonds is 6. The number of hydrogen-bond donors (Lipinski definition) is 1. The summed E-state index contributed by atoms with van der Waals surface area (Å²) < 4.78 is 0. The second-order valence-electron chi connectivity index (χ2n) is 5.74. The molecule has 0 radical (unpaired) electrons. The van der Waals surface area contributed by atoms with Crippen LogP contribution in [-0.4, -0.2) is 47.5 Å². The first-order valence-corrected chi connectivity index (χ1v) is 7.09. The third-order valence-electron chi connectivity index (χ3n) is 3.32. The van der Waals surface area contributed by atoms with Crippen LogP contribution in [0.5, 0.6) is 0 Å². The Kier molecular flexibility index (Phi) is 6.21. The fraction of sp³-hybridized carbons (Fsp3) is 0.500. The number of carboxylic acids is 1. The zero-order valence-electron chi connectivity index (χ0n) is 13.2. The van der Waals surface area contributed by atoms with Crippen molar-refractivity contribution in [2.24, 2.45) is 5.92 Å². The van der Waals surface area contributed by atoms with Crippen molar-refractivity contribution in [3.8, 4) is 0 Å². The smallest absolute Gasteiger partial charge is 0.335 e. The van der Waals surface area contributed by atoms with Crippen LogP contribution in [0.4, 0.5) is 4.79 Å². The number of carboxylic acid groups (broad SMARTS) is 1. The van der Waals surface area contributed by atoms with Crippen molar-refractivity contribution in [2.75, 3.05) is 20.6 Å². The number of carbonyl (C=O) groups is 2. The number of hydrogen-bond acceptors (Lipinski definition) is 2. The highest BCUT2D eigenvalue weighted by atomic mass is 16.4. The molecule has 116 valence electrons. The molecular weight excluding hydrogens is 268 g/mol. The van der Waals surface area contributed by atoms with E-state index in [9.17, 15) is 9.59 Å². The van der Waals surface area contributed by atoms with Gasteiger partial charge in [-0.25, -0.2) is 9.59 Å². The molecule has 0 heterocycles. The number of amides is 2. The van der Waals surface area contributed by atoms with E-state index in [0.717, 1.165) is 18.5 Å². The molecule has 0 aromatic heterocycles. The molecule has 0 saturated heterocycles. The van der Waals surface area contributed by atoms with E-state index in [1.54, 1.807) is 48.2 Å². The van der Waals surface area contributed by atoms with E-state index in [-0.39, 0.29) is 11.6 Å². The zero-order valence-corrected chi connectivity index (χ0v) is 13.2. The van der Waals surface area contributed by atoms with E-state index >= 15 is 0 Å². The summed E-state index contributed by atoms with van der Waals surface area (Å²) in [7, 11) is 3.55. The van der Waals surface area contributed by atoms with Crippen molar-refractivity contribution in [3.63, 3.8) is 0 Å². The number of aromatic carboxylic acids is 1. The maximum atomic E-state index is 12.2. The predicted octanol–water partition coefficient (Wildman–Crippen LogP) is 2.91. The van der Waals surface area contributed by atoms with Crippen LogP contribution in [0.25, 0.3) is 0 Å². The molecule has 1 N–H and O–H groups in total. The van der Waals surface area contributed by atoms with Crippen molar-refractivity contribution in [1.82, 2.24) is 9.80 Å². The Balaban J connectivity index is 2.57. The van der Waals surface area contributed by atoms with Gasteiger partial charge in [0.05, 0.1) is 5.56 Å². The quantitative estimate of drug-likeness (QED) is 0.877. The minimum Gasteiger partial charge on any atom is -0.478 e. The fourth-order valence-corrected chi connectivity index (χ4v) is 1.93. The molecule has 2 amide bonds. The Bertz CT molecular complexity index is 483. The van der Waals surface area contributed by atoms with Gasteiger partial charge in [0.15, 0.2) is 0 Å². The fourth-order valence-electron chi connectivity index (χ4n) is 1.93. The van der Waals surface area contributed by atoms with E-state index in [0.29, 0.717) is 12.5 Å². The monoisotopic (exact) mass is 292 g/mol. The van der Waals surface area contributed by atoms with Gasteiger partial charge in [-0.05, 0) is 30.0 Å². The van der Waals surface area contributed by atoms with Crippen LogP contribution < -0.4 is 0 Å². The number of nitrogens with zero attached hydrogens (tertiary/aromatic N) is 2. The molecule has 1 rings (SSSR count). The topological polar surface area (TPSA) is 60.9 Å². The molecule has 0 fully saturated rings. The normalized spacial score (nSPS) is 10.5. The second kappa shape index (κ2) is 7.67. The summed E-state index contributed by atoms with van der Waals surface area (Å²) in [5, 5.41) is 8.85. The van der Waals surface area contributed by atoms with Crippen LogP contribution in [0.1, 0.15) is 36.2 Å². The highest BCUT2D eigenvalue weighted by Gasteiger charge is 2.14. The van der Waals surface area contributed by atoms with Crippen LogP contribution in [-0.2, 0) is 6.54 Å². The molecule has 0 atom stereocenters. The van der Waals surface area contributed by atoms with Gasteiger partial charge in [0, 0.05) is 27.2 Å². The van der Waals surface area contributed by atoms with Crippen LogP contribution in [0.2, 0.25) is 0 Å². The first-order chi connectivity index (χ1) is 9.81. The Morgan fingerprint density at radius 2 is 1.67 bits per heavy atom. The van der Waals surface area contributed by atoms with E-state index in [1.807, 2.05) is 0 Å². The summed E-state index contributed by atoms with van der Waals surface area (Å²) in [6.45, 7) is 5.46. The van der Waals surface area contributed by atoms with Crippen molar-refractivity contribution >= 4 is 12.0 Å². The molecule has 0 bridgehead atoms. The van der Waals surface area contributed by atoms with Gasteiger partial charge in [0.2, 0.25) is 0 Å². The zero-order chi connectivity index (χ0) is 16.0. The van der Waals surface area contributed by atoms with E-state index in [2.05, 4.69) is 13.8 Å². The lowest BCUT2D eigenvalue weighted by Crippen LogP contribution is -2.39. The molecule has 1 aromatic carbocycles. The molecule has 21 heavy (non-hydrogen) atoms. The average molecular weight is 292 g/mol. The molecular formula is C16H24N2O3. The Morgan fingerprint density at radius 1 is 1.10 bits per heavy atom. The van der Waals surface area contributed by atoms with Gasteiger partial charge in [-0.3, -0.25) is 0 Å². The molecule has 0 spiro atoms. The summed E-state index contributed by atoms with van der Waals surface area (Å²) in [6.07, 6.45) is 0.976. The SMILES string of the molecule is CC(C)CCN(C)C(=O)N(C)Cc1ccc(C(=O)O)cc1. The lowest BCUT2D eigenvalue weighted by molar-refractivity contribution is 0.0697. The molecule has 0 saturated carbocycles. The number of carbonyl (C=O) groups excluding carboxylic acids is 1. The van der Waals surface area contributed by atoms with Gasteiger partial charge < -0.3 is 14.9 Å². The lowest BCUT2D eigenvalue weighted by atomic mass is 10.1. The van der Waals surface area contributed by atoms with Crippen LogP contribution in [0.3, 0.4) is 0 Å². The van der Waals surface area contributed by atoms with Crippen LogP contribution >= 0.6 is 0 Å². The second-order valence-corrected chi connectivity index (χ2v) is 5.74. The molecule has 0 aliphatic heterocycles. The van der Waals surface area contributed by atoms with Crippen molar-refractivity contribution in [2.45, 2.75) is 26.8 Å². The minimum atomic E-state index is -0.945. The molecule has 5 nitrogen and oxygen atoms in total. The van der Waals surface area contributed by atoms with Gasteiger partial charge in [0.1, 0.15) is 0 Å². The summed E-state index contributed by atoms with van der Waals surface area (Å²) in [4.78, 5) is 26.3. The molecule has 0 unspecified atom stereocenters. The van der Waals surface area contributed by atoms with E-state index in [4.69, 9.17) is 5.11 Å². The van der Waals surface area contributed by atoms with Gasteiger partial charge >= 0.3 is 12.0 Å². The van der Waals surface area contributed by atoms with Crippen LogP contribution in [0, 0.1) is 5.92 Å². The van der Waals surface area contributed by atoms with Crippen molar-refractivity contribution in [3.05, 3.63) is 35.4 Å². The van der Waals surface area contributed by atoms with E-state index < -0.39 is 5.97 Å². The Hall–Kier alpha value is -2.04. The van der Waals surface area contributed by atoms with Gasteiger partial charge in [-0.1, -0.05) is 26.0 Å². The highest BCUT2D eigenvalue weighted by Crippen LogP contribution is 2.09. The van der Waals surface area contributed by atoms with Crippen molar-refractivity contribution in [1.29, 1.82) is 0 Å². The van der Waals surface area contributed by atoms with Gasteiger partial charge in [-0.15, -0.1) is 0 Å². The predicted molar refractivity (Wildman–Crippen MR) is 82.3 cm³/mol. The summed E-state index contributed by atoms with van der Waals surface area (Å²) in [5.41, 5.74) is 1.16. The minimum absolute atomic E-state index is 0.0297. The lowest BCUT2D eigenvalue weighted by Gasteiger charge is -2.25. The Labute approximate surface area is 126 Å². The first-order valence-electron chi connectivity index (χ1n) is 7.09. The highest BCUT2D eigenvalue weighted by molar-refractivity contribution is 5.87. The van der Waals surface area contributed by atoms with Gasteiger partial charge in [-0.2, -0.15) is 0 Å². The first kappa shape index (κ1) is 17.0. The Morgan fingerprint density at radius 3 is 2.14 bits per heavy atom. The molecule has 5 heteroatoms. The summed E-state index contributed by atoms with van der Waals surface area (Å²) in [5.74, 6) is -0.381. The third kappa shape index (κ3) is 5.45. The van der Waals surface area contributed by atoms with Crippen molar-refractivity contribution < 1.29 is 14.7 Å². The van der Waals surface area contributed by atoms with Crippen LogP contribution in [0.15, 0.2) is 24.3 Å². The molecule has 0 aliphatic carbocycles. The molecule has 0 aliphatic rings. The summed E-state index contributed by atoms with van der Waals surface area (Å²) in [6, 6.07) is 6.55. The summed E-state index contributed by atoms with van der Waals surface area (Å²) >= 11 is 0. The van der Waals surface area contributed by atoms with E-state index in [1.165, 1.54) is 0 Å².